The lowest BCUT2D eigenvalue weighted by Crippen LogP contribution is -2.37. The molecule has 0 bridgehead atoms. The van der Waals surface area contributed by atoms with Crippen molar-refractivity contribution in [3.8, 4) is 0 Å². The SMILES string of the molecule is C=C1/C(=C\C=C2/CCC[C@]3(C)[C@@H]([C@H](C)C[C@@H]4OC(=O)C(=C)[C@@H]4C)CC[C@@H]23)C[C@@H](O)C[C@@H]1O. The molecule has 32 heavy (non-hydrogen) atoms. The number of carbonyl (C=O) groups excluding carboxylic acids is 1. The summed E-state index contributed by atoms with van der Waals surface area (Å²) in [5, 5.41) is 20.2. The van der Waals surface area contributed by atoms with Crippen LogP contribution in [0.25, 0.3) is 0 Å². The van der Waals surface area contributed by atoms with Crippen LogP contribution in [0.1, 0.15) is 72.1 Å². The molecule has 3 aliphatic carbocycles. The molecule has 0 aromatic rings. The maximum atomic E-state index is 11.9. The van der Waals surface area contributed by atoms with Crippen molar-refractivity contribution in [3.05, 3.63) is 47.6 Å². The molecule has 1 heterocycles. The van der Waals surface area contributed by atoms with Gasteiger partial charge in [0.05, 0.1) is 12.2 Å². The number of allylic oxidation sites excluding steroid dienone is 3. The fraction of sp³-hybridized carbons (Fsp3) is 0.679. The highest BCUT2D eigenvalue weighted by Gasteiger charge is 2.51. The molecular weight excluding hydrogens is 400 g/mol. The van der Waals surface area contributed by atoms with Crippen molar-refractivity contribution in [2.75, 3.05) is 0 Å². The molecule has 176 valence electrons. The number of fused-ring (bicyclic) bond motifs is 1. The Labute approximate surface area is 193 Å². The molecule has 0 spiro atoms. The molecule has 0 aromatic carbocycles. The van der Waals surface area contributed by atoms with Crippen LogP contribution in [0, 0.1) is 29.1 Å². The molecule has 0 unspecified atom stereocenters. The Bertz CT molecular complexity index is 851. The maximum absolute atomic E-state index is 11.9. The van der Waals surface area contributed by atoms with Crippen LogP contribution in [0.15, 0.2) is 47.6 Å². The molecule has 1 saturated heterocycles. The summed E-state index contributed by atoms with van der Waals surface area (Å²) in [7, 11) is 0. The van der Waals surface area contributed by atoms with Crippen LogP contribution >= 0.6 is 0 Å². The smallest absolute Gasteiger partial charge is 0.334 e. The van der Waals surface area contributed by atoms with E-state index in [1.165, 1.54) is 31.3 Å². The first-order valence-corrected chi connectivity index (χ1v) is 12.5. The zero-order valence-electron chi connectivity index (χ0n) is 20.0. The highest BCUT2D eigenvalue weighted by Crippen LogP contribution is 2.60. The number of esters is 1. The van der Waals surface area contributed by atoms with Crippen LogP contribution in [0.4, 0.5) is 0 Å². The average molecular weight is 441 g/mol. The predicted molar refractivity (Wildman–Crippen MR) is 127 cm³/mol. The van der Waals surface area contributed by atoms with E-state index in [4.69, 9.17) is 4.74 Å². The first-order valence-electron chi connectivity index (χ1n) is 12.5. The summed E-state index contributed by atoms with van der Waals surface area (Å²) in [6, 6.07) is 0. The number of aliphatic hydroxyl groups is 2. The van der Waals surface area contributed by atoms with Gasteiger partial charge < -0.3 is 14.9 Å². The first-order chi connectivity index (χ1) is 15.1. The van der Waals surface area contributed by atoms with E-state index in [0.717, 1.165) is 24.0 Å². The van der Waals surface area contributed by atoms with E-state index >= 15 is 0 Å². The van der Waals surface area contributed by atoms with Gasteiger partial charge in [-0.3, -0.25) is 0 Å². The minimum atomic E-state index is -0.639. The van der Waals surface area contributed by atoms with E-state index in [0.29, 0.717) is 36.2 Å². The number of aliphatic hydroxyl groups excluding tert-OH is 2. The Hall–Kier alpha value is -1.65. The van der Waals surface area contributed by atoms with E-state index in [1.54, 1.807) is 0 Å². The Balaban J connectivity index is 1.49. The van der Waals surface area contributed by atoms with E-state index in [1.807, 2.05) is 0 Å². The molecule has 1 aliphatic heterocycles. The van der Waals surface area contributed by atoms with Gasteiger partial charge in [0.15, 0.2) is 0 Å². The normalized spacial score (nSPS) is 43.6. The van der Waals surface area contributed by atoms with Crippen molar-refractivity contribution < 1.29 is 19.7 Å². The molecule has 4 nitrogen and oxygen atoms in total. The van der Waals surface area contributed by atoms with Crippen molar-refractivity contribution in [1.29, 1.82) is 0 Å². The van der Waals surface area contributed by atoms with Crippen molar-refractivity contribution in [1.82, 2.24) is 0 Å². The lowest BCUT2D eigenvalue weighted by atomic mass is 9.60. The summed E-state index contributed by atoms with van der Waals surface area (Å²) >= 11 is 0. The lowest BCUT2D eigenvalue weighted by molar-refractivity contribution is -0.140. The fourth-order valence-electron chi connectivity index (χ4n) is 7.19. The fourth-order valence-corrected chi connectivity index (χ4v) is 7.19. The van der Waals surface area contributed by atoms with Gasteiger partial charge in [0.25, 0.3) is 0 Å². The molecule has 8 atom stereocenters. The highest BCUT2D eigenvalue weighted by molar-refractivity contribution is 5.90. The standard InChI is InChI=1S/C28H40O4/c1-16(13-26-17(2)18(3)27(31)32-26)23-10-11-24-20(7-6-12-28(23,24)5)8-9-21-14-22(29)15-25(30)19(21)4/h8-9,16-17,22-26,29-30H,3-4,6-7,10-15H2,1-2,5H3/b20-8+,21-9-/t16-,17+,22-,23-,24+,25+,26+,28-/m1/s1. The molecule has 4 aliphatic rings. The summed E-state index contributed by atoms with van der Waals surface area (Å²) in [5.41, 5.74) is 4.14. The molecule has 0 amide bonds. The highest BCUT2D eigenvalue weighted by atomic mass is 16.6. The molecular formula is C28H40O4. The second kappa shape index (κ2) is 8.95. The number of ether oxygens (including phenoxy) is 1. The molecule has 4 heteroatoms. The number of rotatable bonds is 4. The van der Waals surface area contributed by atoms with Crippen molar-refractivity contribution in [2.24, 2.45) is 29.1 Å². The molecule has 0 radical (unpaired) electrons. The Kier molecular flexibility index (Phi) is 6.57. The van der Waals surface area contributed by atoms with Gasteiger partial charge in [-0.25, -0.2) is 4.79 Å². The van der Waals surface area contributed by atoms with E-state index in [-0.39, 0.29) is 23.4 Å². The number of carbonyl (C=O) groups is 1. The van der Waals surface area contributed by atoms with Gasteiger partial charge >= 0.3 is 5.97 Å². The summed E-state index contributed by atoms with van der Waals surface area (Å²) in [5.74, 6) is 1.58. The van der Waals surface area contributed by atoms with Gasteiger partial charge in [-0.2, -0.15) is 0 Å². The van der Waals surface area contributed by atoms with Crippen LogP contribution in [0.3, 0.4) is 0 Å². The van der Waals surface area contributed by atoms with Crippen molar-refractivity contribution in [3.63, 3.8) is 0 Å². The predicted octanol–water partition coefficient (Wildman–Crippen LogP) is 5.27. The quantitative estimate of drug-likeness (QED) is 0.462. The molecule has 3 saturated carbocycles. The van der Waals surface area contributed by atoms with Crippen LogP contribution in [-0.2, 0) is 9.53 Å². The maximum Gasteiger partial charge on any atom is 0.334 e. The monoisotopic (exact) mass is 440 g/mol. The zero-order chi connectivity index (χ0) is 23.2. The average Bonchev–Trinajstić information content (AvgIpc) is 3.21. The molecule has 0 aromatic heterocycles. The van der Waals surface area contributed by atoms with Gasteiger partial charge in [0, 0.05) is 17.9 Å². The van der Waals surface area contributed by atoms with Crippen LogP contribution in [0.2, 0.25) is 0 Å². The third-order valence-electron chi connectivity index (χ3n) is 9.22. The number of hydrogen-bond acceptors (Lipinski definition) is 4. The second-order valence-corrected chi connectivity index (χ2v) is 11.1. The molecule has 4 fully saturated rings. The van der Waals surface area contributed by atoms with E-state index < -0.39 is 12.2 Å². The van der Waals surface area contributed by atoms with Gasteiger partial charge in [-0.15, -0.1) is 0 Å². The van der Waals surface area contributed by atoms with Crippen LogP contribution in [-0.4, -0.2) is 34.5 Å². The van der Waals surface area contributed by atoms with Crippen LogP contribution in [0.5, 0.6) is 0 Å². The van der Waals surface area contributed by atoms with E-state index in [2.05, 4.69) is 46.1 Å². The summed E-state index contributed by atoms with van der Waals surface area (Å²) in [4.78, 5) is 11.9. The minimum absolute atomic E-state index is 0.0360. The lowest BCUT2D eigenvalue weighted by Gasteiger charge is -2.44. The largest absolute Gasteiger partial charge is 0.458 e. The number of hydrogen-bond donors (Lipinski definition) is 2. The van der Waals surface area contributed by atoms with Crippen molar-refractivity contribution >= 4 is 5.97 Å². The molecule has 4 rings (SSSR count). The minimum Gasteiger partial charge on any atom is -0.458 e. The summed E-state index contributed by atoms with van der Waals surface area (Å²) in [6.45, 7) is 14.8. The second-order valence-electron chi connectivity index (χ2n) is 11.1. The first kappa shape index (κ1) is 23.5. The molecule has 2 N–H and O–H groups in total. The Morgan fingerprint density at radius 3 is 2.66 bits per heavy atom. The topological polar surface area (TPSA) is 66.8 Å². The van der Waals surface area contributed by atoms with Gasteiger partial charge in [0.1, 0.15) is 6.10 Å². The Morgan fingerprint density at radius 2 is 1.97 bits per heavy atom. The zero-order valence-corrected chi connectivity index (χ0v) is 20.0. The summed E-state index contributed by atoms with van der Waals surface area (Å²) in [6.07, 6.45) is 11.1. The van der Waals surface area contributed by atoms with Crippen LogP contribution < -0.4 is 0 Å². The Morgan fingerprint density at radius 1 is 1.22 bits per heavy atom. The van der Waals surface area contributed by atoms with Gasteiger partial charge in [0.2, 0.25) is 0 Å². The third-order valence-corrected chi connectivity index (χ3v) is 9.22. The summed E-state index contributed by atoms with van der Waals surface area (Å²) < 4.78 is 5.63. The van der Waals surface area contributed by atoms with Crippen molar-refractivity contribution in [2.45, 2.75) is 90.4 Å². The number of cyclic esters (lactones) is 1. The van der Waals surface area contributed by atoms with Gasteiger partial charge in [-0.1, -0.05) is 51.7 Å². The van der Waals surface area contributed by atoms with E-state index in [9.17, 15) is 15.0 Å². The van der Waals surface area contributed by atoms with Gasteiger partial charge in [-0.05, 0) is 79.3 Å². The third kappa shape index (κ3) is 4.17.